The van der Waals surface area contributed by atoms with Crippen molar-refractivity contribution in [3.05, 3.63) is 94.2 Å². The molecule has 1 aliphatic rings. The van der Waals surface area contributed by atoms with Gasteiger partial charge in [0.15, 0.2) is 0 Å². The number of hydrogen-bond acceptors (Lipinski definition) is 3. The van der Waals surface area contributed by atoms with E-state index in [9.17, 15) is 0 Å². The van der Waals surface area contributed by atoms with Gasteiger partial charge in [-0.05, 0) is 11.4 Å². The lowest BCUT2D eigenvalue weighted by Gasteiger charge is -2.35. The zero-order chi connectivity index (χ0) is 17.6. The first-order valence-corrected chi connectivity index (χ1v) is 10.0. The van der Waals surface area contributed by atoms with Crippen LogP contribution in [0.2, 0.25) is 0 Å². The van der Waals surface area contributed by atoms with E-state index in [1.165, 1.54) is 16.0 Å². The molecule has 4 rings (SSSR count). The van der Waals surface area contributed by atoms with E-state index in [0.29, 0.717) is 6.04 Å². The van der Waals surface area contributed by atoms with Crippen molar-refractivity contribution in [2.45, 2.75) is 6.04 Å². The smallest absolute Gasteiger partial charge is 0.139 e. The summed E-state index contributed by atoms with van der Waals surface area (Å²) < 4.78 is 0. The molecule has 3 nitrogen and oxygen atoms in total. The van der Waals surface area contributed by atoms with Crippen LogP contribution in [0, 0.1) is 0 Å². The van der Waals surface area contributed by atoms with Gasteiger partial charge in [-0.2, -0.15) is 5.10 Å². The van der Waals surface area contributed by atoms with Crippen molar-refractivity contribution in [1.82, 2.24) is 5.01 Å². The molecule has 1 aromatic heterocycles. The first-order chi connectivity index (χ1) is 12.9. The van der Waals surface area contributed by atoms with Crippen LogP contribution in [-0.2, 0) is 0 Å². The van der Waals surface area contributed by atoms with Crippen molar-refractivity contribution in [2.24, 2.45) is 5.10 Å². The molecule has 1 aliphatic heterocycles. The number of nitrogens with zero attached hydrogens (tertiary/aromatic N) is 2. The molecule has 4 heteroatoms. The average Bonchev–Trinajstić information content (AvgIpc) is 3.23. The van der Waals surface area contributed by atoms with Crippen LogP contribution in [0.4, 0.5) is 0 Å². The van der Waals surface area contributed by atoms with Crippen molar-refractivity contribution in [2.75, 3.05) is 26.2 Å². The Labute approximate surface area is 159 Å². The van der Waals surface area contributed by atoms with Crippen LogP contribution in [0.25, 0.3) is 0 Å². The maximum absolute atomic E-state index is 4.67. The lowest BCUT2D eigenvalue weighted by Crippen LogP contribution is -3.15. The Morgan fingerprint density at radius 3 is 2.00 bits per heavy atom. The molecular formula is C22H24N3S+. The lowest BCUT2D eigenvalue weighted by atomic mass is 9.96. The molecule has 1 N–H and O–H groups in total. The van der Waals surface area contributed by atoms with Crippen molar-refractivity contribution < 1.29 is 4.90 Å². The monoisotopic (exact) mass is 362 g/mol. The number of nitrogens with one attached hydrogen (secondary N) is 1. The highest BCUT2D eigenvalue weighted by Crippen LogP contribution is 2.19. The SMILES string of the molecule is C(=N\N1CC[NH+](C(c2ccccc2)c2ccccc2)CC1)/c1cccs1. The molecule has 2 aromatic carbocycles. The van der Waals surface area contributed by atoms with Gasteiger partial charge in [-0.3, -0.25) is 5.01 Å². The lowest BCUT2D eigenvalue weighted by molar-refractivity contribution is -0.929. The Bertz CT molecular complexity index is 768. The van der Waals surface area contributed by atoms with Crippen molar-refractivity contribution in [3.8, 4) is 0 Å². The molecule has 0 unspecified atom stereocenters. The van der Waals surface area contributed by atoms with Crippen LogP contribution in [0.3, 0.4) is 0 Å². The number of thiophene rings is 1. The van der Waals surface area contributed by atoms with Crippen molar-refractivity contribution >= 4 is 17.6 Å². The Balaban J connectivity index is 1.48. The van der Waals surface area contributed by atoms with E-state index in [0.717, 1.165) is 26.2 Å². The Morgan fingerprint density at radius 1 is 0.846 bits per heavy atom. The number of hydrogen-bond donors (Lipinski definition) is 1. The molecule has 0 saturated carbocycles. The Morgan fingerprint density at radius 2 is 1.46 bits per heavy atom. The molecule has 132 valence electrons. The summed E-state index contributed by atoms with van der Waals surface area (Å²) in [5.74, 6) is 0. The third-order valence-corrected chi connectivity index (χ3v) is 5.75. The van der Waals surface area contributed by atoms with Gasteiger partial charge >= 0.3 is 0 Å². The van der Waals surface area contributed by atoms with E-state index in [4.69, 9.17) is 0 Å². The normalized spacial score (nSPS) is 15.8. The zero-order valence-electron chi connectivity index (χ0n) is 14.8. The topological polar surface area (TPSA) is 20.0 Å². The predicted octanol–water partition coefficient (Wildman–Crippen LogP) is 3.07. The number of hydrazone groups is 1. The van der Waals surface area contributed by atoms with E-state index >= 15 is 0 Å². The van der Waals surface area contributed by atoms with Gasteiger partial charge in [-0.25, -0.2) is 0 Å². The highest BCUT2D eigenvalue weighted by molar-refractivity contribution is 7.11. The molecule has 26 heavy (non-hydrogen) atoms. The summed E-state index contributed by atoms with van der Waals surface area (Å²) in [6.07, 6.45) is 1.99. The maximum Gasteiger partial charge on any atom is 0.139 e. The van der Waals surface area contributed by atoms with Gasteiger partial charge in [0.25, 0.3) is 0 Å². The molecule has 2 heterocycles. The standard InChI is InChI=1S/C22H23N3S/c1-3-8-19(9-4-1)22(20-10-5-2-6-11-20)24-13-15-25(16-14-24)23-18-21-12-7-17-26-21/h1-12,17-18,22H,13-16H2/p+1/b23-18+. The highest BCUT2D eigenvalue weighted by Gasteiger charge is 2.29. The zero-order valence-corrected chi connectivity index (χ0v) is 15.6. The van der Waals surface area contributed by atoms with Gasteiger partial charge in [0.05, 0.1) is 32.4 Å². The van der Waals surface area contributed by atoms with Crippen LogP contribution in [0.5, 0.6) is 0 Å². The Hall–Kier alpha value is -2.43. The summed E-state index contributed by atoms with van der Waals surface area (Å²) >= 11 is 1.73. The quantitative estimate of drug-likeness (QED) is 0.692. The fourth-order valence-corrected chi connectivity index (χ4v) is 4.22. The van der Waals surface area contributed by atoms with Gasteiger partial charge < -0.3 is 4.90 Å². The fraction of sp³-hybridized carbons (Fsp3) is 0.227. The van der Waals surface area contributed by atoms with Gasteiger partial charge in [-0.15, -0.1) is 11.3 Å². The van der Waals surface area contributed by atoms with E-state index in [1.807, 2.05) is 6.21 Å². The summed E-state index contributed by atoms with van der Waals surface area (Å²) in [7, 11) is 0. The van der Waals surface area contributed by atoms with E-state index in [-0.39, 0.29) is 0 Å². The Kier molecular flexibility index (Phi) is 5.43. The number of rotatable bonds is 5. The number of benzene rings is 2. The third-order valence-electron chi connectivity index (χ3n) is 4.95. The van der Waals surface area contributed by atoms with E-state index < -0.39 is 0 Å². The fourth-order valence-electron chi connectivity index (χ4n) is 3.64. The van der Waals surface area contributed by atoms with Crippen LogP contribution >= 0.6 is 11.3 Å². The summed E-state index contributed by atoms with van der Waals surface area (Å²) in [5.41, 5.74) is 2.79. The van der Waals surface area contributed by atoms with Gasteiger partial charge in [-0.1, -0.05) is 66.7 Å². The van der Waals surface area contributed by atoms with Gasteiger partial charge in [0.1, 0.15) is 6.04 Å². The second-order valence-electron chi connectivity index (χ2n) is 6.63. The van der Waals surface area contributed by atoms with Crippen molar-refractivity contribution in [3.63, 3.8) is 0 Å². The largest absolute Gasteiger partial charge is 0.322 e. The third kappa shape index (κ3) is 4.03. The van der Waals surface area contributed by atoms with Crippen molar-refractivity contribution in [1.29, 1.82) is 0 Å². The average molecular weight is 363 g/mol. The first-order valence-electron chi connectivity index (χ1n) is 9.17. The van der Waals surface area contributed by atoms with E-state index in [1.54, 1.807) is 16.2 Å². The molecule has 0 aliphatic carbocycles. The first kappa shape index (κ1) is 17.0. The van der Waals surface area contributed by atoms with Crippen LogP contribution in [0.15, 0.2) is 83.3 Å². The summed E-state index contributed by atoms with van der Waals surface area (Å²) in [6, 6.07) is 26.4. The summed E-state index contributed by atoms with van der Waals surface area (Å²) in [5, 5.41) is 8.97. The van der Waals surface area contributed by atoms with Crippen LogP contribution < -0.4 is 4.90 Å². The minimum Gasteiger partial charge on any atom is -0.322 e. The van der Waals surface area contributed by atoms with E-state index in [2.05, 4.69) is 88.3 Å². The molecule has 0 spiro atoms. The summed E-state index contributed by atoms with van der Waals surface area (Å²) in [4.78, 5) is 2.83. The molecule has 1 fully saturated rings. The molecule has 0 bridgehead atoms. The maximum atomic E-state index is 4.67. The molecule has 0 amide bonds. The second-order valence-corrected chi connectivity index (χ2v) is 7.61. The minimum absolute atomic E-state index is 0.390. The van der Waals surface area contributed by atoms with Gasteiger partial charge in [0, 0.05) is 16.0 Å². The van der Waals surface area contributed by atoms with Crippen LogP contribution in [-0.4, -0.2) is 37.4 Å². The molecule has 0 radical (unpaired) electrons. The molecule has 1 saturated heterocycles. The highest BCUT2D eigenvalue weighted by atomic mass is 32.1. The number of piperazine rings is 1. The molecule has 3 aromatic rings. The molecular weight excluding hydrogens is 338 g/mol. The summed E-state index contributed by atoms with van der Waals surface area (Å²) in [6.45, 7) is 4.17. The van der Waals surface area contributed by atoms with Gasteiger partial charge in [0.2, 0.25) is 0 Å². The predicted molar refractivity (Wildman–Crippen MR) is 109 cm³/mol. The minimum atomic E-state index is 0.390. The number of quaternary nitrogens is 1. The second kappa shape index (κ2) is 8.30. The molecule has 0 atom stereocenters. The van der Waals surface area contributed by atoms with Crippen LogP contribution in [0.1, 0.15) is 22.0 Å².